The highest BCUT2D eigenvalue weighted by Crippen LogP contribution is 1.79. The molecule has 1 heterocycles. The maximum Gasteiger partial charge on any atom is 0.206 e. The minimum absolute atomic E-state index is 0.889. The molecule has 1 aromatic heterocycles. The molecule has 48 valence electrons. The highest BCUT2D eigenvalue weighted by molar-refractivity contribution is 5.69. The quantitative estimate of drug-likeness (QED) is 0.418. The van der Waals surface area contributed by atoms with E-state index in [0.717, 1.165) is 5.82 Å². The minimum Gasteiger partial charge on any atom is -0.340 e. The van der Waals surface area contributed by atoms with Crippen LogP contribution in [0.4, 0.5) is 0 Å². The summed E-state index contributed by atoms with van der Waals surface area (Å²) >= 11 is 0. The Bertz CT molecular complexity index is 194. The first kappa shape index (κ1) is 6.01. The second-order valence-corrected chi connectivity index (χ2v) is 2.07. The molecule has 0 fully saturated rings. The van der Waals surface area contributed by atoms with Gasteiger partial charge in [-0.3, -0.25) is 0 Å². The van der Waals surface area contributed by atoms with Crippen LogP contribution in [0.5, 0.6) is 0 Å². The summed E-state index contributed by atoms with van der Waals surface area (Å²) in [4.78, 5) is 6.96. The number of aromatic nitrogens is 2. The number of nitrogens with zero attached hydrogens (tertiary/aromatic N) is 2. The molecular formula is C6H10N3+. The topological polar surface area (TPSA) is 31.7 Å². The summed E-state index contributed by atoms with van der Waals surface area (Å²) in [5, 5.41) is 0. The van der Waals surface area contributed by atoms with E-state index in [0.29, 0.717) is 0 Å². The maximum absolute atomic E-state index is 4.00. The molecule has 9 heavy (non-hydrogen) atoms. The monoisotopic (exact) mass is 124 g/mol. The summed E-state index contributed by atoms with van der Waals surface area (Å²) in [5.41, 5.74) is 0. The Kier molecular flexibility index (Phi) is 1.63. The van der Waals surface area contributed by atoms with Crippen LogP contribution < -0.4 is 0 Å². The molecule has 0 unspecified atom stereocenters. The lowest BCUT2D eigenvalue weighted by Gasteiger charge is -1.80. The predicted octanol–water partition coefficient (Wildman–Crippen LogP) is 0.101. The lowest BCUT2D eigenvalue weighted by molar-refractivity contribution is -0.459. The number of H-pyrrole nitrogens is 1. The zero-order valence-corrected chi connectivity index (χ0v) is 5.63. The first-order valence-electron chi connectivity index (χ1n) is 2.80. The van der Waals surface area contributed by atoms with Gasteiger partial charge in [-0.15, -0.1) is 0 Å². The van der Waals surface area contributed by atoms with Crippen LogP contribution in [-0.2, 0) is 0 Å². The van der Waals surface area contributed by atoms with Crippen molar-refractivity contribution < 1.29 is 4.58 Å². The third kappa shape index (κ3) is 1.68. The molecule has 0 aromatic carbocycles. The van der Waals surface area contributed by atoms with Gasteiger partial charge in [0, 0.05) is 12.4 Å². The Balaban J connectivity index is 2.80. The second-order valence-electron chi connectivity index (χ2n) is 2.07. The summed E-state index contributed by atoms with van der Waals surface area (Å²) in [6.45, 7) is 0. The van der Waals surface area contributed by atoms with Gasteiger partial charge in [0.05, 0.1) is 0 Å². The molecule has 0 amide bonds. The molecule has 0 atom stereocenters. The van der Waals surface area contributed by atoms with Gasteiger partial charge in [-0.25, -0.2) is 9.56 Å². The van der Waals surface area contributed by atoms with E-state index in [2.05, 4.69) is 9.97 Å². The van der Waals surface area contributed by atoms with Gasteiger partial charge in [-0.05, 0) is 0 Å². The van der Waals surface area contributed by atoms with Gasteiger partial charge >= 0.3 is 0 Å². The normalized spacial score (nSPS) is 9.11. The van der Waals surface area contributed by atoms with Gasteiger partial charge in [-0.1, -0.05) is 0 Å². The van der Waals surface area contributed by atoms with E-state index in [1.165, 1.54) is 0 Å². The molecule has 0 saturated carbocycles. The third-order valence-electron chi connectivity index (χ3n) is 0.900. The highest BCUT2D eigenvalue weighted by Gasteiger charge is 1.90. The summed E-state index contributed by atoms with van der Waals surface area (Å²) < 4.78 is 1.94. The number of aromatic amines is 1. The molecule has 0 aliphatic carbocycles. The molecule has 0 aliphatic rings. The summed E-state index contributed by atoms with van der Waals surface area (Å²) in [7, 11) is 3.92. The number of imidazole rings is 1. The molecule has 0 aliphatic heterocycles. The number of rotatable bonds is 1. The van der Waals surface area contributed by atoms with Crippen LogP contribution in [0, 0.1) is 0 Å². The Morgan fingerprint density at radius 2 is 2.44 bits per heavy atom. The van der Waals surface area contributed by atoms with Crippen LogP contribution in [0.15, 0.2) is 12.4 Å². The molecule has 3 nitrogen and oxygen atoms in total. The van der Waals surface area contributed by atoms with E-state index < -0.39 is 0 Å². The van der Waals surface area contributed by atoms with Crippen molar-refractivity contribution in [3.63, 3.8) is 0 Å². The average Bonchev–Trinajstić information content (AvgIpc) is 2.15. The van der Waals surface area contributed by atoms with E-state index in [1.807, 2.05) is 24.9 Å². The Labute approximate surface area is 54.1 Å². The second kappa shape index (κ2) is 2.44. The van der Waals surface area contributed by atoms with Crippen molar-refractivity contribution in [1.82, 2.24) is 9.97 Å². The van der Waals surface area contributed by atoms with Crippen LogP contribution in [0.3, 0.4) is 0 Å². The van der Waals surface area contributed by atoms with Crippen LogP contribution >= 0.6 is 0 Å². The fourth-order valence-corrected chi connectivity index (χ4v) is 0.593. The first-order valence-corrected chi connectivity index (χ1v) is 2.80. The van der Waals surface area contributed by atoms with Gasteiger partial charge in [-0.2, -0.15) is 0 Å². The SMILES string of the molecule is C[N+](C)=Cc1ncc[nH]1. The van der Waals surface area contributed by atoms with Crippen LogP contribution in [0.25, 0.3) is 0 Å². The minimum atomic E-state index is 0.889. The van der Waals surface area contributed by atoms with Crippen molar-refractivity contribution in [3.05, 3.63) is 18.2 Å². The van der Waals surface area contributed by atoms with Crippen molar-refractivity contribution in [2.24, 2.45) is 0 Å². The summed E-state index contributed by atoms with van der Waals surface area (Å²) in [5.74, 6) is 0.889. The van der Waals surface area contributed by atoms with Gasteiger partial charge in [0.2, 0.25) is 6.21 Å². The van der Waals surface area contributed by atoms with E-state index in [4.69, 9.17) is 0 Å². The lowest BCUT2D eigenvalue weighted by atomic mass is 10.7. The number of nitrogens with one attached hydrogen (secondary N) is 1. The number of hydrogen-bond acceptors (Lipinski definition) is 1. The Morgan fingerprint density at radius 3 is 2.89 bits per heavy atom. The van der Waals surface area contributed by atoms with Crippen molar-refractivity contribution in [2.75, 3.05) is 14.1 Å². The van der Waals surface area contributed by atoms with Gasteiger partial charge in [0.25, 0.3) is 0 Å². The van der Waals surface area contributed by atoms with Crippen molar-refractivity contribution in [3.8, 4) is 0 Å². The highest BCUT2D eigenvalue weighted by atomic mass is 15.0. The standard InChI is InChI=1S/C6H9N3/c1-9(2)5-6-7-3-4-8-6/h3-5H,1-2H3/p+1. The summed E-state index contributed by atoms with van der Waals surface area (Å²) in [6, 6.07) is 0. The van der Waals surface area contributed by atoms with Gasteiger partial charge < -0.3 is 4.98 Å². The van der Waals surface area contributed by atoms with Crippen molar-refractivity contribution >= 4 is 6.21 Å². The fraction of sp³-hybridized carbons (Fsp3) is 0.333. The van der Waals surface area contributed by atoms with E-state index in [-0.39, 0.29) is 0 Å². The van der Waals surface area contributed by atoms with E-state index in [9.17, 15) is 0 Å². The largest absolute Gasteiger partial charge is 0.340 e. The fourth-order valence-electron chi connectivity index (χ4n) is 0.593. The van der Waals surface area contributed by atoms with Gasteiger partial charge in [0.1, 0.15) is 14.1 Å². The van der Waals surface area contributed by atoms with Crippen LogP contribution in [0.2, 0.25) is 0 Å². The van der Waals surface area contributed by atoms with Gasteiger partial charge in [0.15, 0.2) is 5.82 Å². The Hall–Kier alpha value is -1.12. The third-order valence-corrected chi connectivity index (χ3v) is 0.900. The predicted molar refractivity (Wildman–Crippen MR) is 35.9 cm³/mol. The lowest BCUT2D eigenvalue weighted by Crippen LogP contribution is -2.00. The van der Waals surface area contributed by atoms with Crippen LogP contribution in [-0.4, -0.2) is 34.9 Å². The number of hydrogen-bond donors (Lipinski definition) is 1. The summed E-state index contributed by atoms with van der Waals surface area (Å²) in [6.07, 6.45) is 5.45. The molecule has 0 saturated heterocycles. The molecule has 0 spiro atoms. The van der Waals surface area contributed by atoms with Crippen molar-refractivity contribution in [2.45, 2.75) is 0 Å². The molecule has 1 aromatic rings. The zero-order valence-electron chi connectivity index (χ0n) is 5.63. The first-order chi connectivity index (χ1) is 4.29. The zero-order chi connectivity index (χ0) is 6.69. The maximum atomic E-state index is 4.00. The molecule has 1 rings (SSSR count). The van der Waals surface area contributed by atoms with E-state index >= 15 is 0 Å². The van der Waals surface area contributed by atoms with E-state index in [1.54, 1.807) is 12.4 Å². The smallest absolute Gasteiger partial charge is 0.206 e. The molecular weight excluding hydrogens is 114 g/mol. The molecule has 0 bridgehead atoms. The molecule has 0 radical (unpaired) electrons. The molecule has 3 heteroatoms. The van der Waals surface area contributed by atoms with Crippen molar-refractivity contribution in [1.29, 1.82) is 0 Å². The van der Waals surface area contributed by atoms with Crippen LogP contribution in [0.1, 0.15) is 5.82 Å². The average molecular weight is 124 g/mol. The molecule has 1 N–H and O–H groups in total. The Morgan fingerprint density at radius 1 is 1.67 bits per heavy atom.